The lowest BCUT2D eigenvalue weighted by Crippen LogP contribution is -2.44. The van der Waals surface area contributed by atoms with Crippen molar-refractivity contribution in [2.45, 2.75) is 44.4 Å². The lowest BCUT2D eigenvalue weighted by Gasteiger charge is -2.33. The first kappa shape index (κ1) is 26.6. The van der Waals surface area contributed by atoms with Crippen LogP contribution in [0.1, 0.15) is 35.1 Å². The molecule has 1 aromatic heterocycles. The Hall–Kier alpha value is -3.62. The third-order valence-corrected chi connectivity index (χ3v) is 8.47. The maximum atomic E-state index is 15.0. The normalized spacial score (nSPS) is 22.2. The summed E-state index contributed by atoms with van der Waals surface area (Å²) in [4.78, 5) is 6.28. The van der Waals surface area contributed by atoms with Gasteiger partial charge in [-0.15, -0.1) is 0 Å². The zero-order valence-electron chi connectivity index (χ0n) is 22.7. The number of aryl methyl sites for hydroxylation is 1. The monoisotopic (exact) mass is 543 g/mol. The fourth-order valence-electron chi connectivity index (χ4n) is 6.61. The molecule has 0 bridgehead atoms. The SMILES string of the molecule is Cc1ccc(C(O)(CN2CC3CC(Nc4ccc(Cc5ccc(F)cc5)cc4)CC3C2)Cn2cncn2)c(F)c1. The molecule has 2 fully saturated rings. The molecule has 6 rings (SSSR count). The van der Waals surface area contributed by atoms with E-state index < -0.39 is 11.4 Å². The minimum atomic E-state index is -1.42. The first-order valence-corrected chi connectivity index (χ1v) is 14.0. The number of fused-ring (bicyclic) bond motifs is 1. The molecule has 1 aliphatic carbocycles. The molecule has 40 heavy (non-hydrogen) atoms. The van der Waals surface area contributed by atoms with Gasteiger partial charge in [-0.3, -0.25) is 4.90 Å². The first-order chi connectivity index (χ1) is 19.3. The summed E-state index contributed by atoms with van der Waals surface area (Å²) in [5.41, 5.74) is 3.10. The second kappa shape index (κ2) is 11.1. The maximum Gasteiger partial charge on any atom is 0.137 e. The molecule has 3 unspecified atom stereocenters. The number of β-amino-alcohol motifs (C(OH)–C–C–N with tert-alkyl or cyclic N) is 1. The number of hydrogen-bond acceptors (Lipinski definition) is 5. The molecular weight excluding hydrogens is 508 g/mol. The molecule has 3 atom stereocenters. The van der Waals surface area contributed by atoms with Crippen LogP contribution >= 0.6 is 0 Å². The third-order valence-electron chi connectivity index (χ3n) is 8.47. The summed E-state index contributed by atoms with van der Waals surface area (Å²) in [7, 11) is 0. The number of benzene rings is 3. The molecule has 1 saturated carbocycles. The average Bonchev–Trinajstić information content (AvgIpc) is 3.64. The van der Waals surface area contributed by atoms with E-state index in [4.69, 9.17) is 0 Å². The van der Waals surface area contributed by atoms with Gasteiger partial charge in [-0.05, 0) is 85.0 Å². The van der Waals surface area contributed by atoms with Gasteiger partial charge in [0.25, 0.3) is 0 Å². The summed E-state index contributed by atoms with van der Waals surface area (Å²) in [5, 5.41) is 19.7. The molecular formula is C32H35F2N5O. The van der Waals surface area contributed by atoms with Gasteiger partial charge in [-0.1, -0.05) is 36.4 Å². The molecule has 1 saturated heterocycles. The lowest BCUT2D eigenvalue weighted by molar-refractivity contribution is -0.0180. The number of nitrogens with one attached hydrogen (secondary N) is 1. The summed E-state index contributed by atoms with van der Waals surface area (Å²) in [6.45, 7) is 4.09. The summed E-state index contributed by atoms with van der Waals surface area (Å²) < 4.78 is 29.8. The van der Waals surface area contributed by atoms with Crippen LogP contribution in [0.3, 0.4) is 0 Å². The van der Waals surface area contributed by atoms with Gasteiger partial charge in [0.15, 0.2) is 0 Å². The number of anilines is 1. The Morgan fingerprint density at radius 2 is 1.60 bits per heavy atom. The van der Waals surface area contributed by atoms with E-state index >= 15 is 4.39 Å². The summed E-state index contributed by atoms with van der Waals surface area (Å²) in [6.07, 6.45) is 5.90. The van der Waals surface area contributed by atoms with Crippen molar-refractivity contribution in [1.82, 2.24) is 19.7 Å². The van der Waals surface area contributed by atoms with Crippen molar-refractivity contribution in [1.29, 1.82) is 0 Å². The van der Waals surface area contributed by atoms with Crippen molar-refractivity contribution in [3.05, 3.63) is 113 Å². The van der Waals surface area contributed by atoms with E-state index in [-0.39, 0.29) is 12.4 Å². The number of hydrogen-bond donors (Lipinski definition) is 2. The molecule has 1 aliphatic heterocycles. The minimum absolute atomic E-state index is 0.139. The van der Waals surface area contributed by atoms with Gasteiger partial charge in [0, 0.05) is 36.9 Å². The van der Waals surface area contributed by atoms with Crippen LogP contribution in [0.4, 0.5) is 14.5 Å². The highest BCUT2D eigenvalue weighted by Crippen LogP contribution is 2.41. The smallest absolute Gasteiger partial charge is 0.137 e. The van der Waals surface area contributed by atoms with Crippen LogP contribution in [0.2, 0.25) is 0 Å². The van der Waals surface area contributed by atoms with Crippen molar-refractivity contribution in [2.24, 2.45) is 11.8 Å². The Balaban J connectivity index is 1.06. The van der Waals surface area contributed by atoms with E-state index in [0.29, 0.717) is 30.0 Å². The Bertz CT molecular complexity index is 1410. The topological polar surface area (TPSA) is 66.2 Å². The van der Waals surface area contributed by atoms with Crippen molar-refractivity contribution in [3.63, 3.8) is 0 Å². The fraction of sp³-hybridized carbons (Fsp3) is 0.375. The van der Waals surface area contributed by atoms with Crippen LogP contribution < -0.4 is 5.32 Å². The van der Waals surface area contributed by atoms with Crippen molar-refractivity contribution in [2.75, 3.05) is 25.0 Å². The number of likely N-dealkylation sites (tertiary alicyclic amines) is 1. The standard InChI is InChI=1S/C32H35F2N5O/c1-22-2-11-30(31(34)12-22)32(40,19-39-21-35-20-36-39)18-38-16-25-14-29(15-26(25)17-38)37-28-9-5-24(6-10-28)13-23-3-7-27(33)8-4-23/h2-12,20-21,25-26,29,37,40H,13-19H2,1H3. The third kappa shape index (κ3) is 5.93. The van der Waals surface area contributed by atoms with Crippen molar-refractivity contribution in [3.8, 4) is 0 Å². The second-order valence-electron chi connectivity index (χ2n) is 11.6. The Labute approximate surface area is 233 Å². The summed E-state index contributed by atoms with van der Waals surface area (Å²) >= 11 is 0. The molecule has 2 aliphatic rings. The summed E-state index contributed by atoms with van der Waals surface area (Å²) in [6, 6.07) is 20.6. The van der Waals surface area contributed by atoms with E-state index in [1.807, 2.05) is 25.1 Å². The van der Waals surface area contributed by atoms with Gasteiger partial charge >= 0.3 is 0 Å². The van der Waals surface area contributed by atoms with Crippen LogP contribution in [-0.4, -0.2) is 50.4 Å². The molecule has 0 radical (unpaired) electrons. The van der Waals surface area contributed by atoms with Crippen molar-refractivity contribution >= 4 is 5.69 Å². The van der Waals surface area contributed by atoms with Gasteiger partial charge in [-0.25, -0.2) is 18.4 Å². The molecule has 8 heteroatoms. The molecule has 0 spiro atoms. The lowest BCUT2D eigenvalue weighted by atomic mass is 9.91. The Morgan fingerprint density at radius 3 is 2.23 bits per heavy atom. The highest BCUT2D eigenvalue weighted by Gasteiger charge is 2.44. The van der Waals surface area contributed by atoms with Gasteiger partial charge in [-0.2, -0.15) is 5.10 Å². The molecule has 2 heterocycles. The first-order valence-electron chi connectivity index (χ1n) is 14.0. The van der Waals surface area contributed by atoms with Gasteiger partial charge in [0.1, 0.15) is 29.9 Å². The van der Waals surface area contributed by atoms with E-state index in [2.05, 4.69) is 44.6 Å². The molecule has 2 N–H and O–H groups in total. The zero-order valence-corrected chi connectivity index (χ0v) is 22.7. The summed E-state index contributed by atoms with van der Waals surface area (Å²) in [5.74, 6) is 0.466. The van der Waals surface area contributed by atoms with Crippen LogP contribution in [0.15, 0.2) is 79.4 Å². The van der Waals surface area contributed by atoms with Crippen LogP contribution in [0, 0.1) is 30.4 Å². The minimum Gasteiger partial charge on any atom is -0.382 e. The van der Waals surface area contributed by atoms with Crippen LogP contribution in [0.25, 0.3) is 0 Å². The highest BCUT2D eigenvalue weighted by molar-refractivity contribution is 5.46. The van der Waals surface area contributed by atoms with Crippen LogP contribution in [-0.2, 0) is 18.6 Å². The highest BCUT2D eigenvalue weighted by atomic mass is 19.1. The van der Waals surface area contributed by atoms with E-state index in [9.17, 15) is 9.50 Å². The van der Waals surface area contributed by atoms with E-state index in [1.165, 1.54) is 30.1 Å². The quantitative estimate of drug-likeness (QED) is 0.305. The zero-order chi connectivity index (χ0) is 27.7. The predicted molar refractivity (Wildman–Crippen MR) is 151 cm³/mol. The molecule has 0 amide bonds. The largest absolute Gasteiger partial charge is 0.382 e. The molecule has 208 valence electrons. The van der Waals surface area contributed by atoms with Gasteiger partial charge in [0.05, 0.1) is 6.54 Å². The fourth-order valence-corrected chi connectivity index (χ4v) is 6.61. The molecule has 6 nitrogen and oxygen atoms in total. The molecule has 4 aromatic rings. The Kier molecular flexibility index (Phi) is 7.38. The molecule has 3 aromatic carbocycles. The van der Waals surface area contributed by atoms with Crippen molar-refractivity contribution < 1.29 is 13.9 Å². The number of nitrogens with zero attached hydrogens (tertiary/aromatic N) is 4. The van der Waals surface area contributed by atoms with E-state index in [1.54, 1.807) is 17.1 Å². The maximum absolute atomic E-state index is 15.0. The number of rotatable bonds is 9. The number of halogens is 2. The second-order valence-corrected chi connectivity index (χ2v) is 11.6. The van der Waals surface area contributed by atoms with Crippen LogP contribution in [0.5, 0.6) is 0 Å². The van der Waals surface area contributed by atoms with Gasteiger partial charge in [0.2, 0.25) is 0 Å². The van der Waals surface area contributed by atoms with Gasteiger partial charge < -0.3 is 10.4 Å². The number of aromatic nitrogens is 3. The van der Waals surface area contributed by atoms with E-state index in [0.717, 1.165) is 49.2 Å². The predicted octanol–water partition coefficient (Wildman–Crippen LogP) is 5.17. The Morgan fingerprint density at radius 1 is 0.925 bits per heavy atom. The average molecular weight is 544 g/mol. The number of aliphatic hydroxyl groups is 1.